The molecule has 0 radical (unpaired) electrons. The topological polar surface area (TPSA) is 13.1 Å². The van der Waals surface area contributed by atoms with Crippen molar-refractivity contribution < 1.29 is 4.42 Å². The van der Waals surface area contributed by atoms with E-state index in [2.05, 4.69) is 155 Å². The molecule has 0 bridgehead atoms. The van der Waals surface area contributed by atoms with Crippen LogP contribution < -0.4 is 0 Å². The molecule has 0 atom stereocenters. The van der Waals surface area contributed by atoms with Gasteiger partial charge in [0.1, 0.15) is 11.2 Å². The van der Waals surface area contributed by atoms with Gasteiger partial charge in [0.15, 0.2) is 0 Å². The quantitative estimate of drug-likeness (QED) is 0.180. The van der Waals surface area contributed by atoms with Gasteiger partial charge in [-0.05, 0) is 100 Å². The summed E-state index contributed by atoms with van der Waals surface area (Å²) in [4.78, 5) is 0. The van der Waals surface area contributed by atoms with Crippen molar-refractivity contribution in [3.8, 4) is 22.3 Å². The van der Waals surface area contributed by atoms with Gasteiger partial charge in [-0.1, -0.05) is 115 Å². The number of hydrogen-bond donors (Lipinski definition) is 0. The van der Waals surface area contributed by atoms with E-state index in [1.807, 2.05) is 0 Å². The van der Waals surface area contributed by atoms with Crippen molar-refractivity contribution in [2.75, 3.05) is 0 Å². The maximum atomic E-state index is 6.61. The smallest absolute Gasteiger partial charge is 0.143 e. The number of furan rings is 1. The van der Waals surface area contributed by atoms with Crippen LogP contribution in [0, 0.1) is 0 Å². The van der Waals surface area contributed by atoms with Crippen LogP contribution in [-0.2, 0) is 0 Å². The second kappa shape index (κ2) is 9.04. The van der Waals surface area contributed by atoms with Crippen LogP contribution in [0.4, 0.5) is 0 Å². The van der Waals surface area contributed by atoms with E-state index >= 15 is 0 Å². The molecule has 2 heteroatoms. The van der Waals surface area contributed by atoms with E-state index in [0.29, 0.717) is 0 Å². The fourth-order valence-corrected chi connectivity index (χ4v) is 7.43. The van der Waals surface area contributed by atoms with Crippen molar-refractivity contribution in [3.05, 3.63) is 144 Å². The minimum atomic E-state index is 0.907. The van der Waals surface area contributed by atoms with Gasteiger partial charge < -0.3 is 4.42 Å². The maximum absolute atomic E-state index is 6.61. The Bertz CT molecular complexity index is 2530. The lowest BCUT2D eigenvalue weighted by Crippen LogP contribution is -1.89. The van der Waals surface area contributed by atoms with E-state index in [1.165, 1.54) is 54.4 Å². The van der Waals surface area contributed by atoms with Gasteiger partial charge in [-0.2, -0.15) is 0 Å². The third kappa shape index (κ3) is 3.42. The van der Waals surface area contributed by atoms with Crippen molar-refractivity contribution >= 4 is 81.0 Å². The van der Waals surface area contributed by atoms with Crippen LogP contribution in [0.25, 0.3) is 87.3 Å². The number of fused-ring (bicyclic) bond motifs is 8. The molecule has 0 aliphatic rings. The Morgan fingerprint density at radius 1 is 0.405 bits per heavy atom. The summed E-state index contributed by atoms with van der Waals surface area (Å²) in [7, 11) is 0. The fourth-order valence-electron chi connectivity index (χ4n) is 6.74. The molecule has 9 rings (SSSR count). The van der Waals surface area contributed by atoms with E-state index in [4.69, 9.17) is 4.42 Å². The lowest BCUT2D eigenvalue weighted by molar-refractivity contribution is 0.673. The summed E-state index contributed by atoms with van der Waals surface area (Å²) < 4.78 is 7.73. The molecule has 8 aromatic carbocycles. The first-order valence-corrected chi connectivity index (χ1v) is 15.0. The first-order valence-electron chi connectivity index (χ1n) is 14.2. The maximum Gasteiger partial charge on any atom is 0.143 e. The molecule has 42 heavy (non-hydrogen) atoms. The first-order chi connectivity index (χ1) is 20.7. The van der Waals surface area contributed by atoms with E-state index in [0.717, 1.165) is 37.4 Å². The predicted molar refractivity (Wildman–Crippen MR) is 182 cm³/mol. The standard InChI is InChI=1S/C40H23BrO/c41-39-33-14-6-5-13-32(33)38(36-22-26(17-20-34(36)39)29-15-7-10-24-8-1-3-11-28(24)29)27-18-19-31-35-21-16-25-9-2-4-12-30(25)40(35)42-37(31)23-27/h1-23H. The molecule has 0 fully saturated rings. The van der Waals surface area contributed by atoms with Gasteiger partial charge in [0.05, 0.1) is 0 Å². The van der Waals surface area contributed by atoms with E-state index in [-0.39, 0.29) is 0 Å². The zero-order valence-electron chi connectivity index (χ0n) is 22.6. The molecule has 9 aromatic rings. The Morgan fingerprint density at radius 2 is 1.02 bits per heavy atom. The molecule has 1 nitrogen and oxygen atoms in total. The van der Waals surface area contributed by atoms with Gasteiger partial charge in [-0.25, -0.2) is 0 Å². The summed E-state index contributed by atoms with van der Waals surface area (Å²) >= 11 is 3.98. The average molecular weight is 600 g/mol. The summed E-state index contributed by atoms with van der Waals surface area (Å²) in [5.74, 6) is 0. The Labute approximate surface area is 250 Å². The van der Waals surface area contributed by atoms with Crippen molar-refractivity contribution in [3.63, 3.8) is 0 Å². The lowest BCUT2D eigenvalue weighted by atomic mass is 9.89. The summed E-state index contributed by atoms with van der Waals surface area (Å²) in [6.45, 7) is 0. The molecule has 0 spiro atoms. The van der Waals surface area contributed by atoms with Crippen LogP contribution in [0.1, 0.15) is 0 Å². The monoisotopic (exact) mass is 598 g/mol. The third-order valence-electron chi connectivity index (χ3n) is 8.71. The minimum Gasteiger partial charge on any atom is -0.455 e. The molecule has 0 saturated carbocycles. The van der Waals surface area contributed by atoms with Crippen molar-refractivity contribution in [2.24, 2.45) is 0 Å². The Balaban J connectivity index is 1.36. The largest absolute Gasteiger partial charge is 0.455 e. The molecule has 0 aliphatic heterocycles. The number of benzene rings is 8. The first kappa shape index (κ1) is 23.8. The van der Waals surface area contributed by atoms with E-state index in [1.54, 1.807) is 0 Å². The molecule has 0 saturated heterocycles. The van der Waals surface area contributed by atoms with Crippen LogP contribution in [-0.4, -0.2) is 0 Å². The zero-order chi connectivity index (χ0) is 27.8. The molecule has 0 N–H and O–H groups in total. The van der Waals surface area contributed by atoms with Crippen LogP contribution in [0.2, 0.25) is 0 Å². The van der Waals surface area contributed by atoms with E-state index in [9.17, 15) is 0 Å². The summed E-state index contributed by atoms with van der Waals surface area (Å²) in [6.07, 6.45) is 0. The van der Waals surface area contributed by atoms with Gasteiger partial charge in [0, 0.05) is 20.6 Å². The SMILES string of the molecule is Brc1c2ccccc2c(-c2ccc3c(c2)oc2c4ccccc4ccc32)c2cc(-c3cccc4ccccc34)ccc12. The lowest BCUT2D eigenvalue weighted by Gasteiger charge is -2.16. The highest BCUT2D eigenvalue weighted by Gasteiger charge is 2.18. The number of halogens is 1. The molecule has 0 aliphatic carbocycles. The number of rotatable bonds is 2. The number of hydrogen-bond acceptors (Lipinski definition) is 1. The summed E-state index contributed by atoms with van der Waals surface area (Å²) in [5, 5.41) is 12.0. The Hall–Kier alpha value is -4.92. The second-order valence-corrected chi connectivity index (χ2v) is 11.8. The molecular formula is C40H23BrO. The summed E-state index contributed by atoms with van der Waals surface area (Å²) in [5.41, 5.74) is 6.67. The highest BCUT2D eigenvalue weighted by molar-refractivity contribution is 9.10. The highest BCUT2D eigenvalue weighted by Crippen LogP contribution is 2.45. The molecule has 0 amide bonds. The van der Waals surface area contributed by atoms with Gasteiger partial charge in [0.2, 0.25) is 0 Å². The van der Waals surface area contributed by atoms with Gasteiger partial charge in [-0.3, -0.25) is 0 Å². The van der Waals surface area contributed by atoms with Gasteiger partial charge in [-0.15, -0.1) is 0 Å². The molecule has 1 aromatic heterocycles. The van der Waals surface area contributed by atoms with Crippen LogP contribution in [0.5, 0.6) is 0 Å². The molecule has 1 heterocycles. The molecule has 0 unspecified atom stereocenters. The molecule has 196 valence electrons. The van der Waals surface area contributed by atoms with Crippen LogP contribution in [0.15, 0.2) is 148 Å². The normalized spacial score (nSPS) is 11.9. The summed E-state index contributed by atoms with van der Waals surface area (Å²) in [6, 6.07) is 50.2. The fraction of sp³-hybridized carbons (Fsp3) is 0. The van der Waals surface area contributed by atoms with Crippen LogP contribution >= 0.6 is 15.9 Å². The Kier molecular flexibility index (Phi) is 5.11. The van der Waals surface area contributed by atoms with Crippen molar-refractivity contribution in [1.29, 1.82) is 0 Å². The highest BCUT2D eigenvalue weighted by atomic mass is 79.9. The van der Waals surface area contributed by atoms with Crippen molar-refractivity contribution in [2.45, 2.75) is 0 Å². The molecular weight excluding hydrogens is 576 g/mol. The zero-order valence-corrected chi connectivity index (χ0v) is 24.2. The van der Waals surface area contributed by atoms with Crippen molar-refractivity contribution in [1.82, 2.24) is 0 Å². The third-order valence-corrected chi connectivity index (χ3v) is 9.57. The van der Waals surface area contributed by atoms with Gasteiger partial charge >= 0.3 is 0 Å². The van der Waals surface area contributed by atoms with Crippen LogP contribution in [0.3, 0.4) is 0 Å². The predicted octanol–water partition coefficient (Wildman–Crippen LogP) is 12.3. The average Bonchev–Trinajstić information content (AvgIpc) is 3.43. The van der Waals surface area contributed by atoms with Gasteiger partial charge in [0.25, 0.3) is 0 Å². The second-order valence-electron chi connectivity index (χ2n) is 11.0. The van der Waals surface area contributed by atoms with E-state index < -0.39 is 0 Å². The Morgan fingerprint density at radius 3 is 1.88 bits per heavy atom. The minimum absolute atomic E-state index is 0.907.